The molecule has 0 saturated heterocycles. The molecule has 0 unspecified atom stereocenters. The van der Waals surface area contributed by atoms with E-state index in [2.05, 4.69) is 17.4 Å². The fourth-order valence-electron chi connectivity index (χ4n) is 5.32. The summed E-state index contributed by atoms with van der Waals surface area (Å²) < 4.78 is 5.60. The zero-order valence-electron chi connectivity index (χ0n) is 21.0. The number of nitrogens with one attached hydrogen (secondary N) is 1. The molecule has 0 fully saturated rings. The van der Waals surface area contributed by atoms with Crippen molar-refractivity contribution in [3.8, 4) is 5.75 Å². The van der Waals surface area contributed by atoms with Crippen molar-refractivity contribution in [3.05, 3.63) is 117 Å². The largest absolute Gasteiger partial charge is 0.423 e. The van der Waals surface area contributed by atoms with Gasteiger partial charge in [0, 0.05) is 16.8 Å². The van der Waals surface area contributed by atoms with Gasteiger partial charge in [-0.2, -0.15) is 0 Å². The molecule has 0 saturated carbocycles. The van der Waals surface area contributed by atoms with E-state index in [9.17, 15) is 14.4 Å². The van der Waals surface area contributed by atoms with Crippen LogP contribution < -0.4 is 15.8 Å². The van der Waals surface area contributed by atoms with E-state index < -0.39 is 11.8 Å². The molecule has 2 aliphatic carbocycles. The van der Waals surface area contributed by atoms with E-state index in [4.69, 9.17) is 10.5 Å². The molecule has 0 atom stereocenters. The number of carbonyl (C=O) groups excluding carboxylic acids is 3. The second-order valence-corrected chi connectivity index (χ2v) is 9.86. The minimum atomic E-state index is -0.707. The van der Waals surface area contributed by atoms with Crippen LogP contribution >= 0.6 is 0 Å². The van der Waals surface area contributed by atoms with Crippen LogP contribution in [0.3, 0.4) is 0 Å². The maximum atomic E-state index is 13.7. The Hall–Kier alpha value is -4.71. The Morgan fingerprint density at radius 1 is 0.816 bits per heavy atom. The van der Waals surface area contributed by atoms with Crippen molar-refractivity contribution in [3.63, 3.8) is 0 Å². The zero-order valence-corrected chi connectivity index (χ0v) is 21.0. The van der Waals surface area contributed by atoms with Crippen LogP contribution in [0, 0.1) is 6.92 Å². The van der Waals surface area contributed by atoms with E-state index in [1.807, 2.05) is 25.1 Å². The van der Waals surface area contributed by atoms with Crippen molar-refractivity contribution < 1.29 is 19.1 Å². The molecule has 0 amide bonds. The molecule has 188 valence electrons. The number of benzene rings is 4. The first-order valence-corrected chi connectivity index (χ1v) is 12.7. The number of ether oxygens (including phenoxy) is 1. The first-order valence-electron chi connectivity index (χ1n) is 12.7. The van der Waals surface area contributed by atoms with Gasteiger partial charge >= 0.3 is 5.97 Å². The Bertz CT molecular complexity index is 1640. The predicted octanol–water partition coefficient (Wildman–Crippen LogP) is 6.19. The highest BCUT2D eigenvalue weighted by atomic mass is 16.5. The molecule has 6 nitrogen and oxygen atoms in total. The van der Waals surface area contributed by atoms with Gasteiger partial charge in [0.1, 0.15) is 5.75 Å². The highest BCUT2D eigenvalue weighted by Crippen LogP contribution is 2.39. The highest BCUT2D eigenvalue weighted by molar-refractivity contribution is 6.32. The van der Waals surface area contributed by atoms with Crippen LogP contribution in [0.2, 0.25) is 0 Å². The van der Waals surface area contributed by atoms with E-state index in [0.29, 0.717) is 17.0 Å². The first kappa shape index (κ1) is 23.7. The monoisotopic (exact) mass is 502 g/mol. The highest BCUT2D eigenvalue weighted by Gasteiger charge is 2.36. The first-order chi connectivity index (χ1) is 18.4. The Kier molecular flexibility index (Phi) is 5.80. The molecule has 4 aromatic carbocycles. The second kappa shape index (κ2) is 9.30. The zero-order chi connectivity index (χ0) is 26.4. The summed E-state index contributed by atoms with van der Waals surface area (Å²) in [5.41, 5.74) is 11.9. The number of aryl methyl sites for hydroxylation is 3. The van der Waals surface area contributed by atoms with Gasteiger partial charge in [0.15, 0.2) is 11.6 Å². The SMILES string of the molecule is Cc1ccc(OC(=O)c2cc(Nc3ccc4c(c3)CCCC4)c3c(c2N)C(=O)c2ccccc2C3=O)cc1. The summed E-state index contributed by atoms with van der Waals surface area (Å²) in [6.07, 6.45) is 4.34. The molecule has 0 heterocycles. The van der Waals surface area contributed by atoms with E-state index in [1.54, 1.807) is 36.4 Å². The second-order valence-electron chi connectivity index (χ2n) is 9.86. The number of esters is 1. The van der Waals surface area contributed by atoms with Crippen LogP contribution in [0.25, 0.3) is 0 Å². The number of carbonyl (C=O) groups is 3. The van der Waals surface area contributed by atoms with Gasteiger partial charge < -0.3 is 15.8 Å². The lowest BCUT2D eigenvalue weighted by Gasteiger charge is -2.24. The van der Waals surface area contributed by atoms with Gasteiger partial charge in [0.05, 0.1) is 28.1 Å². The third-order valence-electron chi connectivity index (χ3n) is 7.32. The number of nitrogens with two attached hydrogens (primary N) is 1. The minimum Gasteiger partial charge on any atom is -0.423 e. The number of hydrogen-bond donors (Lipinski definition) is 2. The number of anilines is 3. The number of fused-ring (bicyclic) bond motifs is 3. The topological polar surface area (TPSA) is 98.5 Å². The van der Waals surface area contributed by atoms with E-state index >= 15 is 0 Å². The van der Waals surface area contributed by atoms with Crippen molar-refractivity contribution in [2.24, 2.45) is 0 Å². The minimum absolute atomic E-state index is 0.0188. The van der Waals surface area contributed by atoms with Gasteiger partial charge in [-0.05, 0) is 74.1 Å². The third kappa shape index (κ3) is 4.04. The van der Waals surface area contributed by atoms with Crippen LogP contribution in [0.1, 0.15) is 71.7 Å². The summed E-state index contributed by atoms with van der Waals surface area (Å²) >= 11 is 0. The molecule has 0 spiro atoms. The van der Waals surface area contributed by atoms with E-state index in [1.165, 1.54) is 23.6 Å². The van der Waals surface area contributed by atoms with Crippen LogP contribution in [-0.2, 0) is 12.8 Å². The summed E-state index contributed by atoms with van der Waals surface area (Å²) in [4.78, 5) is 40.6. The quantitative estimate of drug-likeness (QED) is 0.173. The lowest BCUT2D eigenvalue weighted by molar-refractivity contribution is 0.0735. The summed E-state index contributed by atoms with van der Waals surface area (Å²) in [7, 11) is 0. The van der Waals surface area contributed by atoms with Crippen molar-refractivity contribution in [1.29, 1.82) is 0 Å². The average molecular weight is 503 g/mol. The number of hydrogen-bond acceptors (Lipinski definition) is 6. The Balaban J connectivity index is 1.48. The molecule has 0 radical (unpaired) electrons. The van der Waals surface area contributed by atoms with Gasteiger partial charge in [-0.3, -0.25) is 9.59 Å². The molecule has 3 N–H and O–H groups in total. The van der Waals surface area contributed by atoms with Crippen molar-refractivity contribution in [2.75, 3.05) is 11.1 Å². The molecular weight excluding hydrogens is 476 g/mol. The Morgan fingerprint density at radius 3 is 2.18 bits per heavy atom. The van der Waals surface area contributed by atoms with Crippen LogP contribution in [-0.4, -0.2) is 17.5 Å². The fraction of sp³-hybridized carbons (Fsp3) is 0.156. The molecule has 0 aliphatic heterocycles. The van der Waals surface area contributed by atoms with Gasteiger partial charge in [0.2, 0.25) is 0 Å². The smallest absolute Gasteiger partial charge is 0.345 e. The molecule has 6 heteroatoms. The molecule has 4 aromatic rings. The average Bonchev–Trinajstić information content (AvgIpc) is 2.93. The summed E-state index contributed by atoms with van der Waals surface area (Å²) in [6, 6.07) is 21.4. The van der Waals surface area contributed by atoms with Crippen molar-refractivity contribution >= 4 is 34.6 Å². The lowest BCUT2D eigenvalue weighted by Crippen LogP contribution is -2.26. The van der Waals surface area contributed by atoms with E-state index in [0.717, 1.165) is 30.5 Å². The maximum Gasteiger partial charge on any atom is 0.345 e. The number of rotatable bonds is 4. The standard InChI is InChI=1S/C32H26N2O4/c1-18-10-14-22(15-11-18)38-32(37)25-17-26(34-21-13-12-19-6-2-3-7-20(19)16-21)27-28(29(25)33)31(36)24-9-5-4-8-23(24)30(27)35/h4-5,8-17,34H,2-3,6-7,33H2,1H3. The van der Waals surface area contributed by atoms with Crippen molar-refractivity contribution in [1.82, 2.24) is 0 Å². The van der Waals surface area contributed by atoms with Gasteiger partial charge in [0.25, 0.3) is 0 Å². The van der Waals surface area contributed by atoms with Crippen LogP contribution in [0.5, 0.6) is 5.75 Å². The van der Waals surface area contributed by atoms with Crippen LogP contribution in [0.15, 0.2) is 72.8 Å². The normalized spacial score (nSPS) is 13.8. The molecular formula is C32H26N2O4. The fourth-order valence-corrected chi connectivity index (χ4v) is 5.32. The molecule has 38 heavy (non-hydrogen) atoms. The molecule has 2 aliphatic rings. The molecule has 0 aromatic heterocycles. The maximum absolute atomic E-state index is 13.7. The summed E-state index contributed by atoms with van der Waals surface area (Å²) in [5.74, 6) is -1.07. The third-order valence-corrected chi connectivity index (χ3v) is 7.32. The number of nitrogen functional groups attached to an aromatic ring is 1. The van der Waals surface area contributed by atoms with Gasteiger partial charge in [-0.15, -0.1) is 0 Å². The molecule has 6 rings (SSSR count). The van der Waals surface area contributed by atoms with E-state index in [-0.39, 0.29) is 33.7 Å². The van der Waals surface area contributed by atoms with Gasteiger partial charge in [-0.1, -0.05) is 48.0 Å². The molecule has 0 bridgehead atoms. The summed E-state index contributed by atoms with van der Waals surface area (Å²) in [6.45, 7) is 1.94. The Morgan fingerprint density at radius 2 is 1.47 bits per heavy atom. The van der Waals surface area contributed by atoms with Crippen LogP contribution in [0.4, 0.5) is 17.1 Å². The lowest BCUT2D eigenvalue weighted by atomic mass is 9.81. The Labute approximate surface area is 220 Å². The predicted molar refractivity (Wildman–Crippen MR) is 147 cm³/mol. The summed E-state index contributed by atoms with van der Waals surface area (Å²) in [5, 5.41) is 3.32. The van der Waals surface area contributed by atoms with Crippen molar-refractivity contribution in [2.45, 2.75) is 32.6 Å². The van der Waals surface area contributed by atoms with Gasteiger partial charge in [-0.25, -0.2) is 4.79 Å². The number of ketones is 2.